The summed E-state index contributed by atoms with van der Waals surface area (Å²) in [7, 11) is 0. The molecule has 0 bridgehead atoms. The van der Waals surface area contributed by atoms with Crippen molar-refractivity contribution in [3.8, 4) is 0 Å². The van der Waals surface area contributed by atoms with E-state index >= 15 is 0 Å². The molecule has 0 aromatic heterocycles. The van der Waals surface area contributed by atoms with Gasteiger partial charge in [0.25, 0.3) is 0 Å². The maximum atomic E-state index is 12.5. The van der Waals surface area contributed by atoms with E-state index in [1.54, 1.807) is 11.8 Å². The number of rotatable bonds is 6. The lowest BCUT2D eigenvalue weighted by atomic mass is 9.93. The average molecular weight is 402 g/mol. The molecule has 0 spiro atoms. The number of hydrogen-bond acceptors (Lipinski definition) is 4. The van der Waals surface area contributed by atoms with Crippen LogP contribution in [-0.2, 0) is 9.59 Å². The second kappa shape index (κ2) is 9.31. The van der Waals surface area contributed by atoms with Gasteiger partial charge in [-0.1, -0.05) is 18.2 Å². The van der Waals surface area contributed by atoms with Crippen LogP contribution in [0.2, 0.25) is 0 Å². The summed E-state index contributed by atoms with van der Waals surface area (Å²) < 4.78 is 0. The molecule has 1 unspecified atom stereocenters. The molecule has 1 aromatic carbocycles. The van der Waals surface area contributed by atoms with Gasteiger partial charge in [-0.15, -0.1) is 11.8 Å². The molecule has 152 valence electrons. The van der Waals surface area contributed by atoms with Crippen molar-refractivity contribution >= 4 is 23.6 Å². The van der Waals surface area contributed by atoms with E-state index < -0.39 is 0 Å². The van der Waals surface area contributed by atoms with Crippen molar-refractivity contribution in [1.82, 2.24) is 15.1 Å². The Bertz CT molecular complexity index is 672. The summed E-state index contributed by atoms with van der Waals surface area (Å²) in [5.74, 6) is 1.17. The molecule has 2 aliphatic heterocycles. The number of likely N-dealkylation sites (tertiary alicyclic amines) is 2. The van der Waals surface area contributed by atoms with Crippen molar-refractivity contribution in [2.75, 3.05) is 31.9 Å². The van der Waals surface area contributed by atoms with Crippen LogP contribution in [-0.4, -0.2) is 65.6 Å². The summed E-state index contributed by atoms with van der Waals surface area (Å²) in [5.41, 5.74) is 0. The number of benzene rings is 1. The Morgan fingerprint density at radius 1 is 1.00 bits per heavy atom. The highest BCUT2D eigenvalue weighted by molar-refractivity contribution is 8.00. The maximum Gasteiger partial charge on any atom is 0.232 e. The number of thioether (sulfide) groups is 1. The van der Waals surface area contributed by atoms with Crippen LogP contribution >= 0.6 is 11.8 Å². The van der Waals surface area contributed by atoms with E-state index in [0.717, 1.165) is 69.6 Å². The van der Waals surface area contributed by atoms with Gasteiger partial charge in [-0.05, 0) is 57.2 Å². The third-order valence-corrected chi connectivity index (χ3v) is 7.18. The second-order valence-electron chi connectivity index (χ2n) is 8.33. The van der Waals surface area contributed by atoms with E-state index in [9.17, 15) is 9.59 Å². The first-order valence-electron chi connectivity index (χ1n) is 10.7. The molecule has 5 nitrogen and oxygen atoms in total. The molecule has 3 fully saturated rings. The van der Waals surface area contributed by atoms with Crippen molar-refractivity contribution < 1.29 is 9.59 Å². The van der Waals surface area contributed by atoms with E-state index in [0.29, 0.717) is 17.8 Å². The first kappa shape index (κ1) is 19.8. The molecule has 3 aliphatic rings. The molecule has 0 radical (unpaired) electrons. The molecule has 1 aliphatic carbocycles. The molecule has 6 heteroatoms. The quantitative estimate of drug-likeness (QED) is 0.745. The first-order chi connectivity index (χ1) is 13.7. The van der Waals surface area contributed by atoms with Crippen molar-refractivity contribution in [3.05, 3.63) is 30.3 Å². The van der Waals surface area contributed by atoms with E-state index in [1.165, 1.54) is 0 Å². The number of amides is 2. The highest BCUT2D eigenvalue weighted by Gasteiger charge is 2.34. The minimum Gasteiger partial charge on any atom is -0.353 e. The lowest BCUT2D eigenvalue weighted by molar-refractivity contribution is -0.130. The zero-order chi connectivity index (χ0) is 19.3. The van der Waals surface area contributed by atoms with Gasteiger partial charge in [0.15, 0.2) is 0 Å². The summed E-state index contributed by atoms with van der Waals surface area (Å²) >= 11 is 1.62. The summed E-state index contributed by atoms with van der Waals surface area (Å²) in [6, 6.07) is 11.1. The van der Waals surface area contributed by atoms with Gasteiger partial charge in [-0.25, -0.2) is 0 Å². The van der Waals surface area contributed by atoms with Crippen LogP contribution in [0.4, 0.5) is 0 Å². The number of carbonyl (C=O) groups is 2. The van der Waals surface area contributed by atoms with Crippen LogP contribution in [0.1, 0.15) is 38.5 Å². The highest BCUT2D eigenvalue weighted by atomic mass is 32.2. The molecule has 4 rings (SSSR count). The Balaban J connectivity index is 1.21. The molecule has 1 aromatic rings. The van der Waals surface area contributed by atoms with Crippen LogP contribution in [0, 0.1) is 5.92 Å². The first-order valence-corrected chi connectivity index (χ1v) is 11.7. The molecule has 2 heterocycles. The Morgan fingerprint density at radius 2 is 1.75 bits per heavy atom. The van der Waals surface area contributed by atoms with Crippen LogP contribution in [0.25, 0.3) is 0 Å². The van der Waals surface area contributed by atoms with Crippen LogP contribution in [0.3, 0.4) is 0 Å². The summed E-state index contributed by atoms with van der Waals surface area (Å²) in [4.78, 5) is 30.6. The zero-order valence-electron chi connectivity index (χ0n) is 16.5. The monoisotopic (exact) mass is 401 g/mol. The van der Waals surface area contributed by atoms with E-state index in [1.807, 2.05) is 23.1 Å². The van der Waals surface area contributed by atoms with Crippen molar-refractivity contribution in [3.63, 3.8) is 0 Å². The molecular weight excluding hydrogens is 370 g/mol. The third kappa shape index (κ3) is 5.29. The Kier molecular flexibility index (Phi) is 6.58. The SMILES string of the molecule is O=C(NC1CC1)C1CCCN(C2CCN(C(=O)CSc3ccccc3)CC2)C1. The highest BCUT2D eigenvalue weighted by Crippen LogP contribution is 2.26. The summed E-state index contributed by atoms with van der Waals surface area (Å²) in [5, 5.41) is 3.18. The molecule has 28 heavy (non-hydrogen) atoms. The number of carbonyl (C=O) groups excluding carboxylic acids is 2. The van der Waals surface area contributed by atoms with Crippen molar-refractivity contribution in [2.45, 2.75) is 55.5 Å². The normalized spacial score (nSPS) is 24.1. The maximum absolute atomic E-state index is 12.5. The minimum absolute atomic E-state index is 0.149. The van der Waals surface area contributed by atoms with E-state index in [4.69, 9.17) is 0 Å². The molecule has 2 saturated heterocycles. The number of piperidine rings is 2. The fourth-order valence-electron chi connectivity index (χ4n) is 4.33. The molecular formula is C22H31N3O2S. The topological polar surface area (TPSA) is 52.7 Å². The smallest absolute Gasteiger partial charge is 0.232 e. The summed E-state index contributed by atoms with van der Waals surface area (Å²) in [6.07, 6.45) is 6.48. The Hall–Kier alpha value is -1.53. The molecule has 2 amide bonds. The van der Waals surface area contributed by atoms with Gasteiger partial charge in [0.1, 0.15) is 0 Å². The third-order valence-electron chi connectivity index (χ3n) is 6.19. The van der Waals surface area contributed by atoms with Gasteiger partial charge in [0.05, 0.1) is 11.7 Å². The predicted octanol–water partition coefficient (Wildman–Crippen LogP) is 2.76. The van der Waals surface area contributed by atoms with Gasteiger partial charge >= 0.3 is 0 Å². The number of hydrogen-bond donors (Lipinski definition) is 1. The predicted molar refractivity (Wildman–Crippen MR) is 112 cm³/mol. The average Bonchev–Trinajstić information content (AvgIpc) is 3.57. The number of nitrogens with one attached hydrogen (secondary N) is 1. The van der Waals surface area contributed by atoms with Gasteiger partial charge in [-0.3, -0.25) is 14.5 Å². The van der Waals surface area contributed by atoms with Crippen LogP contribution in [0.15, 0.2) is 35.2 Å². The lowest BCUT2D eigenvalue weighted by Gasteiger charge is -2.42. The van der Waals surface area contributed by atoms with E-state index in [2.05, 4.69) is 22.3 Å². The molecule has 1 N–H and O–H groups in total. The van der Waals surface area contributed by atoms with Crippen LogP contribution in [0.5, 0.6) is 0 Å². The van der Waals surface area contributed by atoms with Gasteiger partial charge in [0, 0.05) is 36.6 Å². The lowest BCUT2D eigenvalue weighted by Crippen LogP contribution is -2.51. The van der Waals surface area contributed by atoms with Gasteiger partial charge in [-0.2, -0.15) is 0 Å². The standard InChI is InChI=1S/C22H31N3O2S/c26-21(16-28-20-6-2-1-3-7-20)24-13-10-19(11-14-24)25-12-4-5-17(15-25)22(27)23-18-8-9-18/h1-3,6-7,17-19H,4-5,8-16H2,(H,23,27). The van der Waals surface area contributed by atoms with E-state index in [-0.39, 0.29) is 17.7 Å². The second-order valence-corrected chi connectivity index (χ2v) is 9.38. The summed E-state index contributed by atoms with van der Waals surface area (Å²) in [6.45, 7) is 3.67. The largest absolute Gasteiger partial charge is 0.353 e. The van der Waals surface area contributed by atoms with Gasteiger partial charge in [0.2, 0.25) is 11.8 Å². The van der Waals surface area contributed by atoms with Crippen molar-refractivity contribution in [2.24, 2.45) is 5.92 Å². The Morgan fingerprint density at radius 3 is 2.46 bits per heavy atom. The fourth-order valence-corrected chi connectivity index (χ4v) is 5.15. The fraction of sp³-hybridized carbons (Fsp3) is 0.636. The molecule has 1 saturated carbocycles. The zero-order valence-corrected chi connectivity index (χ0v) is 17.3. The molecule has 1 atom stereocenters. The van der Waals surface area contributed by atoms with Crippen LogP contribution < -0.4 is 5.32 Å². The van der Waals surface area contributed by atoms with Gasteiger partial charge < -0.3 is 10.2 Å². The Labute approximate surface area is 172 Å². The minimum atomic E-state index is 0.149. The number of nitrogens with zero attached hydrogens (tertiary/aromatic N) is 2. The van der Waals surface area contributed by atoms with Crippen molar-refractivity contribution in [1.29, 1.82) is 0 Å².